The van der Waals surface area contributed by atoms with Crippen LogP contribution >= 0.6 is 11.3 Å². The van der Waals surface area contributed by atoms with Crippen LogP contribution in [0.5, 0.6) is 0 Å². The molecule has 4 nitrogen and oxygen atoms in total. The van der Waals surface area contributed by atoms with E-state index in [4.69, 9.17) is 0 Å². The number of carbonyl (C=O) groups is 1. The molecule has 128 valence electrons. The van der Waals surface area contributed by atoms with Gasteiger partial charge in [-0.2, -0.15) is 0 Å². The Morgan fingerprint density at radius 3 is 2.92 bits per heavy atom. The van der Waals surface area contributed by atoms with Crippen molar-refractivity contribution in [2.75, 3.05) is 13.1 Å². The van der Waals surface area contributed by atoms with Crippen LogP contribution in [0.15, 0.2) is 29.6 Å². The summed E-state index contributed by atoms with van der Waals surface area (Å²) in [5, 5.41) is 5.86. The molecule has 1 aliphatic heterocycles. The number of benzene rings is 1. The molecule has 0 atom stereocenters. The van der Waals surface area contributed by atoms with Crippen LogP contribution in [-0.2, 0) is 13.1 Å². The fraction of sp³-hybridized carbons (Fsp3) is 0.474. The zero-order valence-electron chi connectivity index (χ0n) is 14.4. The number of likely N-dealkylation sites (tertiary alicyclic amines) is 1. The average molecular weight is 343 g/mol. The Morgan fingerprint density at radius 1 is 1.38 bits per heavy atom. The summed E-state index contributed by atoms with van der Waals surface area (Å²) in [4.78, 5) is 19.2. The van der Waals surface area contributed by atoms with E-state index in [9.17, 15) is 4.79 Å². The van der Waals surface area contributed by atoms with Gasteiger partial charge >= 0.3 is 0 Å². The van der Waals surface area contributed by atoms with E-state index in [2.05, 4.69) is 41.2 Å². The van der Waals surface area contributed by atoms with Crippen LogP contribution in [-0.4, -0.2) is 28.9 Å². The first-order chi connectivity index (χ1) is 11.6. The Morgan fingerprint density at radius 2 is 2.17 bits per heavy atom. The first-order valence-corrected chi connectivity index (χ1v) is 9.48. The van der Waals surface area contributed by atoms with E-state index in [0.717, 1.165) is 36.1 Å². The van der Waals surface area contributed by atoms with E-state index >= 15 is 0 Å². The highest BCUT2D eigenvalue weighted by molar-refractivity contribution is 7.09. The first-order valence-electron chi connectivity index (χ1n) is 8.60. The van der Waals surface area contributed by atoms with Crippen molar-refractivity contribution >= 4 is 17.2 Å². The van der Waals surface area contributed by atoms with Crippen LogP contribution in [0.25, 0.3) is 0 Å². The lowest BCUT2D eigenvalue weighted by atomic mass is 9.99. The molecule has 1 N–H and O–H groups in total. The fourth-order valence-corrected chi connectivity index (χ4v) is 3.81. The molecular formula is C19H25N3OS. The van der Waals surface area contributed by atoms with Gasteiger partial charge in [0.1, 0.15) is 10.7 Å². The van der Waals surface area contributed by atoms with Crippen molar-refractivity contribution in [2.45, 2.75) is 39.8 Å². The lowest BCUT2D eigenvalue weighted by Gasteiger charge is -2.29. The number of aromatic nitrogens is 1. The maximum Gasteiger partial charge on any atom is 0.271 e. The first kappa shape index (κ1) is 17.1. The van der Waals surface area contributed by atoms with Crippen molar-refractivity contribution < 1.29 is 4.79 Å². The van der Waals surface area contributed by atoms with Crippen molar-refractivity contribution in [3.8, 4) is 0 Å². The van der Waals surface area contributed by atoms with E-state index < -0.39 is 0 Å². The molecule has 2 aromatic rings. The topological polar surface area (TPSA) is 45.2 Å². The van der Waals surface area contributed by atoms with Gasteiger partial charge in [-0.1, -0.05) is 36.8 Å². The second-order valence-electron chi connectivity index (χ2n) is 6.76. The van der Waals surface area contributed by atoms with Gasteiger partial charge in [-0.05, 0) is 44.3 Å². The van der Waals surface area contributed by atoms with Crippen LogP contribution in [0.3, 0.4) is 0 Å². The summed E-state index contributed by atoms with van der Waals surface area (Å²) >= 11 is 1.58. The molecule has 0 saturated carbocycles. The molecule has 0 aliphatic carbocycles. The highest BCUT2D eigenvalue weighted by atomic mass is 32.1. The zero-order chi connectivity index (χ0) is 16.9. The quantitative estimate of drug-likeness (QED) is 0.902. The van der Waals surface area contributed by atoms with Gasteiger partial charge in [0.2, 0.25) is 0 Å². The molecule has 0 unspecified atom stereocenters. The van der Waals surface area contributed by atoms with E-state index in [1.165, 1.54) is 18.4 Å². The van der Waals surface area contributed by atoms with Crippen LogP contribution in [0.1, 0.15) is 46.4 Å². The third-order valence-corrected chi connectivity index (χ3v) is 5.39. The standard InChI is InChI=1S/C19H25N3OS/c1-14-6-8-22(9-7-14)12-18-21-17(13-24-18)19(23)20-11-16-5-3-4-15(2)10-16/h3-5,10,13-14H,6-9,11-12H2,1-2H3,(H,20,23). The zero-order valence-corrected chi connectivity index (χ0v) is 15.2. The molecule has 24 heavy (non-hydrogen) atoms. The van der Waals surface area contributed by atoms with Crippen molar-refractivity contribution in [3.05, 3.63) is 51.5 Å². The number of nitrogens with zero attached hydrogens (tertiary/aromatic N) is 2. The largest absolute Gasteiger partial charge is 0.347 e. The van der Waals surface area contributed by atoms with E-state index in [1.54, 1.807) is 11.3 Å². The minimum Gasteiger partial charge on any atom is -0.347 e. The molecule has 1 saturated heterocycles. The van der Waals surface area contributed by atoms with Gasteiger partial charge < -0.3 is 5.32 Å². The highest BCUT2D eigenvalue weighted by Crippen LogP contribution is 2.19. The molecule has 0 radical (unpaired) electrons. The number of rotatable bonds is 5. The minimum atomic E-state index is -0.0914. The van der Waals surface area contributed by atoms with E-state index in [-0.39, 0.29) is 5.91 Å². The Balaban J connectivity index is 1.52. The minimum absolute atomic E-state index is 0.0914. The van der Waals surface area contributed by atoms with Gasteiger partial charge in [0.15, 0.2) is 0 Å². The van der Waals surface area contributed by atoms with Gasteiger partial charge in [0, 0.05) is 11.9 Å². The summed E-state index contributed by atoms with van der Waals surface area (Å²) in [6.45, 7) is 8.04. The van der Waals surface area contributed by atoms with Crippen LogP contribution in [0.2, 0.25) is 0 Å². The van der Waals surface area contributed by atoms with Crippen LogP contribution in [0, 0.1) is 12.8 Å². The smallest absolute Gasteiger partial charge is 0.271 e. The van der Waals surface area contributed by atoms with Gasteiger partial charge in [0.25, 0.3) is 5.91 Å². The second kappa shape index (κ2) is 7.90. The average Bonchev–Trinajstić information content (AvgIpc) is 3.03. The summed E-state index contributed by atoms with van der Waals surface area (Å²) < 4.78 is 0. The van der Waals surface area contributed by atoms with Gasteiger partial charge in [0.05, 0.1) is 6.54 Å². The molecule has 2 heterocycles. The maximum atomic E-state index is 12.3. The maximum absolute atomic E-state index is 12.3. The predicted octanol–water partition coefficient (Wildman–Crippen LogP) is 3.61. The van der Waals surface area contributed by atoms with Crippen molar-refractivity contribution in [1.29, 1.82) is 0 Å². The lowest BCUT2D eigenvalue weighted by molar-refractivity contribution is 0.0946. The number of carbonyl (C=O) groups excluding carboxylic acids is 1. The van der Waals surface area contributed by atoms with Crippen molar-refractivity contribution in [3.63, 3.8) is 0 Å². The Labute approximate surface area is 147 Å². The Bertz CT molecular complexity index is 689. The molecule has 0 bridgehead atoms. The van der Waals surface area contributed by atoms with Gasteiger partial charge in [-0.25, -0.2) is 4.98 Å². The van der Waals surface area contributed by atoms with E-state index in [1.807, 2.05) is 17.5 Å². The summed E-state index contributed by atoms with van der Waals surface area (Å²) in [7, 11) is 0. The molecule has 1 aromatic carbocycles. The summed E-state index contributed by atoms with van der Waals surface area (Å²) in [5.41, 5.74) is 2.85. The van der Waals surface area contributed by atoms with Gasteiger partial charge in [-0.3, -0.25) is 9.69 Å². The van der Waals surface area contributed by atoms with Crippen LogP contribution in [0.4, 0.5) is 0 Å². The lowest BCUT2D eigenvalue weighted by Crippen LogP contribution is -2.32. The fourth-order valence-electron chi connectivity index (χ4n) is 2.99. The monoisotopic (exact) mass is 343 g/mol. The normalized spacial score (nSPS) is 16.2. The number of thiazole rings is 1. The number of hydrogen-bond donors (Lipinski definition) is 1. The summed E-state index contributed by atoms with van der Waals surface area (Å²) in [6, 6.07) is 8.18. The van der Waals surface area contributed by atoms with E-state index in [0.29, 0.717) is 12.2 Å². The number of hydrogen-bond acceptors (Lipinski definition) is 4. The molecule has 1 amide bonds. The highest BCUT2D eigenvalue weighted by Gasteiger charge is 2.18. The third-order valence-electron chi connectivity index (χ3n) is 4.56. The Kier molecular flexibility index (Phi) is 5.63. The molecule has 1 aromatic heterocycles. The van der Waals surface area contributed by atoms with Gasteiger partial charge in [-0.15, -0.1) is 11.3 Å². The molecule has 3 rings (SSSR count). The predicted molar refractivity (Wildman–Crippen MR) is 98.1 cm³/mol. The third kappa shape index (κ3) is 4.65. The number of amides is 1. The summed E-state index contributed by atoms with van der Waals surface area (Å²) in [5.74, 6) is 0.742. The van der Waals surface area contributed by atoms with Crippen molar-refractivity contribution in [2.24, 2.45) is 5.92 Å². The number of nitrogens with one attached hydrogen (secondary N) is 1. The Hall–Kier alpha value is -1.72. The molecule has 5 heteroatoms. The summed E-state index contributed by atoms with van der Waals surface area (Å²) in [6.07, 6.45) is 2.52. The second-order valence-corrected chi connectivity index (χ2v) is 7.70. The molecule has 1 fully saturated rings. The number of aryl methyl sites for hydroxylation is 1. The number of piperidine rings is 1. The molecule has 1 aliphatic rings. The van der Waals surface area contributed by atoms with Crippen LogP contribution < -0.4 is 5.32 Å². The van der Waals surface area contributed by atoms with Crippen molar-refractivity contribution in [1.82, 2.24) is 15.2 Å². The molecule has 0 spiro atoms. The SMILES string of the molecule is Cc1cccc(CNC(=O)c2csc(CN3CCC(C)CC3)n2)c1. The molecular weight excluding hydrogens is 318 g/mol.